The molecule has 0 aliphatic heterocycles. The first-order chi connectivity index (χ1) is 8.67. The zero-order valence-corrected chi connectivity index (χ0v) is 11.6. The molecule has 0 aliphatic rings. The van der Waals surface area contributed by atoms with Gasteiger partial charge in [0.15, 0.2) is 5.76 Å². The number of likely N-dealkylation sites (N-methyl/N-ethyl adjacent to an activating group) is 1. The van der Waals surface area contributed by atoms with Gasteiger partial charge in [0.05, 0.1) is 11.1 Å². The van der Waals surface area contributed by atoms with Gasteiger partial charge in [0.25, 0.3) is 5.91 Å². The third kappa shape index (κ3) is 2.42. The maximum absolute atomic E-state index is 12.2. The minimum Gasteiger partial charge on any atom is -0.450 e. The highest BCUT2D eigenvalue weighted by Crippen LogP contribution is 2.27. The number of carbonyl (C=O) groups is 1. The van der Waals surface area contributed by atoms with Crippen LogP contribution in [0.1, 0.15) is 17.5 Å². The molecule has 0 unspecified atom stereocenters. The number of aliphatic hydroxyl groups excluding tert-OH is 1. The lowest BCUT2D eigenvalue weighted by molar-refractivity contribution is 0.0702. The SMILES string of the molecule is CCN(CCO)C(=O)c1cc2cccc(Br)c2o1. The summed E-state index contributed by atoms with van der Waals surface area (Å²) in [7, 11) is 0. The number of halogens is 1. The lowest BCUT2D eigenvalue weighted by atomic mass is 10.2. The van der Waals surface area contributed by atoms with E-state index in [1.165, 1.54) is 0 Å². The monoisotopic (exact) mass is 311 g/mol. The van der Waals surface area contributed by atoms with Crippen molar-refractivity contribution in [3.05, 3.63) is 34.5 Å². The number of benzene rings is 1. The molecule has 4 nitrogen and oxygen atoms in total. The van der Waals surface area contributed by atoms with E-state index in [9.17, 15) is 4.79 Å². The zero-order chi connectivity index (χ0) is 13.1. The van der Waals surface area contributed by atoms with E-state index in [0.717, 1.165) is 9.86 Å². The molecule has 2 aromatic rings. The van der Waals surface area contributed by atoms with Gasteiger partial charge in [0, 0.05) is 18.5 Å². The molecular formula is C13H14BrNO3. The van der Waals surface area contributed by atoms with Crippen LogP contribution in [-0.2, 0) is 0 Å². The molecule has 1 aromatic carbocycles. The van der Waals surface area contributed by atoms with Gasteiger partial charge in [-0.05, 0) is 35.0 Å². The number of carbonyl (C=O) groups excluding carboxylic acids is 1. The van der Waals surface area contributed by atoms with Crippen molar-refractivity contribution < 1.29 is 14.3 Å². The van der Waals surface area contributed by atoms with Gasteiger partial charge in [0.1, 0.15) is 5.58 Å². The van der Waals surface area contributed by atoms with Crippen LogP contribution in [0.5, 0.6) is 0 Å². The summed E-state index contributed by atoms with van der Waals surface area (Å²) in [5.41, 5.74) is 0.668. The second-order valence-corrected chi connectivity index (χ2v) is 4.73. The van der Waals surface area contributed by atoms with Crippen LogP contribution in [0.15, 0.2) is 33.2 Å². The normalized spacial score (nSPS) is 10.8. The van der Waals surface area contributed by atoms with E-state index in [4.69, 9.17) is 9.52 Å². The molecule has 1 aromatic heterocycles. The molecule has 2 rings (SSSR count). The van der Waals surface area contributed by atoms with Gasteiger partial charge in [-0.2, -0.15) is 0 Å². The molecule has 1 amide bonds. The van der Waals surface area contributed by atoms with Crippen molar-refractivity contribution >= 4 is 32.8 Å². The Morgan fingerprint density at radius 2 is 2.28 bits per heavy atom. The summed E-state index contributed by atoms with van der Waals surface area (Å²) >= 11 is 3.39. The summed E-state index contributed by atoms with van der Waals surface area (Å²) in [5, 5.41) is 9.80. The molecule has 1 N–H and O–H groups in total. The fraction of sp³-hybridized carbons (Fsp3) is 0.308. The zero-order valence-electron chi connectivity index (χ0n) is 10.0. The van der Waals surface area contributed by atoms with E-state index in [1.54, 1.807) is 11.0 Å². The molecule has 0 bridgehead atoms. The van der Waals surface area contributed by atoms with E-state index < -0.39 is 0 Å². The van der Waals surface area contributed by atoms with Crippen molar-refractivity contribution in [3.63, 3.8) is 0 Å². The van der Waals surface area contributed by atoms with Crippen molar-refractivity contribution in [2.75, 3.05) is 19.7 Å². The molecule has 0 spiro atoms. The number of para-hydroxylation sites is 1. The first-order valence-corrected chi connectivity index (χ1v) is 6.55. The standard InChI is InChI=1S/C13H14BrNO3/c1-2-15(6-7-16)13(17)11-8-9-4-3-5-10(14)12(9)18-11/h3-5,8,16H,2,6-7H2,1H3. The predicted molar refractivity (Wildman–Crippen MR) is 72.6 cm³/mol. The predicted octanol–water partition coefficient (Wildman–Crippen LogP) is 2.65. The molecule has 0 atom stereocenters. The van der Waals surface area contributed by atoms with Gasteiger partial charge in [-0.1, -0.05) is 12.1 Å². The van der Waals surface area contributed by atoms with Gasteiger partial charge in [0.2, 0.25) is 0 Å². The Hall–Kier alpha value is -1.33. The summed E-state index contributed by atoms with van der Waals surface area (Å²) in [6, 6.07) is 7.37. The van der Waals surface area contributed by atoms with Gasteiger partial charge in [-0.3, -0.25) is 4.79 Å². The summed E-state index contributed by atoms with van der Waals surface area (Å²) in [4.78, 5) is 13.7. The van der Waals surface area contributed by atoms with Crippen LogP contribution in [0, 0.1) is 0 Å². The minimum atomic E-state index is -0.199. The molecule has 0 radical (unpaired) electrons. The largest absolute Gasteiger partial charge is 0.450 e. The Kier molecular flexibility index (Phi) is 4.04. The smallest absolute Gasteiger partial charge is 0.289 e. The lowest BCUT2D eigenvalue weighted by Crippen LogP contribution is -2.33. The van der Waals surface area contributed by atoms with Crippen molar-refractivity contribution in [2.45, 2.75) is 6.92 Å². The fourth-order valence-electron chi connectivity index (χ4n) is 1.81. The lowest BCUT2D eigenvalue weighted by Gasteiger charge is -2.17. The molecule has 18 heavy (non-hydrogen) atoms. The summed E-state index contributed by atoms with van der Waals surface area (Å²) < 4.78 is 6.39. The Morgan fingerprint density at radius 3 is 2.89 bits per heavy atom. The average molecular weight is 312 g/mol. The van der Waals surface area contributed by atoms with Crippen molar-refractivity contribution in [1.29, 1.82) is 0 Å². The van der Waals surface area contributed by atoms with Gasteiger partial charge >= 0.3 is 0 Å². The number of amides is 1. The number of rotatable bonds is 4. The molecule has 96 valence electrons. The second-order valence-electron chi connectivity index (χ2n) is 3.88. The van der Waals surface area contributed by atoms with Crippen LogP contribution in [0.25, 0.3) is 11.0 Å². The quantitative estimate of drug-likeness (QED) is 0.944. The molecule has 0 saturated carbocycles. The first-order valence-electron chi connectivity index (χ1n) is 5.75. The van der Waals surface area contributed by atoms with Crippen LogP contribution < -0.4 is 0 Å². The topological polar surface area (TPSA) is 53.7 Å². The Morgan fingerprint density at radius 1 is 1.50 bits per heavy atom. The van der Waals surface area contributed by atoms with Gasteiger partial charge in [-0.15, -0.1) is 0 Å². The Labute approximate surface area is 113 Å². The molecular weight excluding hydrogens is 298 g/mol. The molecule has 1 heterocycles. The number of nitrogens with zero attached hydrogens (tertiary/aromatic N) is 1. The Bertz CT molecular complexity index is 564. The Balaban J connectivity index is 2.36. The van der Waals surface area contributed by atoms with Crippen LogP contribution in [0.2, 0.25) is 0 Å². The van der Waals surface area contributed by atoms with Crippen molar-refractivity contribution in [2.24, 2.45) is 0 Å². The van der Waals surface area contributed by atoms with E-state index in [0.29, 0.717) is 24.4 Å². The number of fused-ring (bicyclic) bond motifs is 1. The number of furan rings is 1. The van der Waals surface area contributed by atoms with Gasteiger partial charge < -0.3 is 14.4 Å². The fourth-order valence-corrected chi connectivity index (χ4v) is 2.28. The first kappa shape index (κ1) is 13.1. The van der Waals surface area contributed by atoms with Crippen LogP contribution in [0.3, 0.4) is 0 Å². The average Bonchev–Trinajstić information content (AvgIpc) is 2.80. The molecule has 0 saturated heterocycles. The highest BCUT2D eigenvalue weighted by molar-refractivity contribution is 9.10. The molecule has 5 heteroatoms. The minimum absolute atomic E-state index is 0.0521. The number of hydrogen-bond acceptors (Lipinski definition) is 3. The van der Waals surface area contributed by atoms with Crippen LogP contribution in [0.4, 0.5) is 0 Å². The summed E-state index contributed by atoms with van der Waals surface area (Å²) in [6.07, 6.45) is 0. The van der Waals surface area contributed by atoms with E-state index in [-0.39, 0.29) is 12.5 Å². The second kappa shape index (κ2) is 5.54. The number of aliphatic hydroxyl groups is 1. The third-order valence-corrected chi connectivity index (χ3v) is 3.37. The third-order valence-electron chi connectivity index (χ3n) is 2.75. The summed E-state index contributed by atoms with van der Waals surface area (Å²) in [6.45, 7) is 2.67. The molecule has 0 aliphatic carbocycles. The van der Waals surface area contributed by atoms with E-state index in [1.807, 2.05) is 25.1 Å². The summed E-state index contributed by atoms with van der Waals surface area (Å²) in [5.74, 6) is 0.0989. The van der Waals surface area contributed by atoms with Crippen molar-refractivity contribution in [3.8, 4) is 0 Å². The highest BCUT2D eigenvalue weighted by atomic mass is 79.9. The van der Waals surface area contributed by atoms with Crippen LogP contribution in [-0.4, -0.2) is 35.6 Å². The van der Waals surface area contributed by atoms with Gasteiger partial charge in [-0.25, -0.2) is 0 Å². The highest BCUT2D eigenvalue weighted by Gasteiger charge is 2.18. The van der Waals surface area contributed by atoms with E-state index >= 15 is 0 Å². The van der Waals surface area contributed by atoms with E-state index in [2.05, 4.69) is 15.9 Å². The van der Waals surface area contributed by atoms with Crippen molar-refractivity contribution in [1.82, 2.24) is 4.90 Å². The van der Waals surface area contributed by atoms with Crippen LogP contribution >= 0.6 is 15.9 Å². The number of hydrogen-bond donors (Lipinski definition) is 1. The molecule has 0 fully saturated rings. The maximum Gasteiger partial charge on any atom is 0.289 e. The maximum atomic E-state index is 12.2.